The fraction of sp³-hybridized carbons (Fsp3) is 0.610. The van der Waals surface area contributed by atoms with Gasteiger partial charge in [0.2, 0.25) is 0 Å². The van der Waals surface area contributed by atoms with Gasteiger partial charge in [0, 0.05) is 24.2 Å². The van der Waals surface area contributed by atoms with E-state index in [0.29, 0.717) is 11.0 Å². The highest BCUT2D eigenvalue weighted by Crippen LogP contribution is 2.62. The zero-order chi connectivity index (χ0) is 31.5. The first kappa shape index (κ1) is 30.4. The maximum Gasteiger partial charge on any atom is 0.269 e. The van der Waals surface area contributed by atoms with Crippen LogP contribution in [0.1, 0.15) is 134 Å². The minimum atomic E-state index is 0.0171. The molecule has 45 heavy (non-hydrogen) atoms. The molecule has 236 valence electrons. The lowest BCUT2D eigenvalue weighted by Crippen LogP contribution is -2.48. The second-order valence-corrected chi connectivity index (χ2v) is 16.3. The first-order chi connectivity index (χ1) is 21.6. The molecule has 7 aliphatic rings. The molecule has 0 N–H and O–H groups in total. The van der Waals surface area contributed by atoms with Crippen LogP contribution in [-0.4, -0.2) is 13.1 Å². The van der Waals surface area contributed by atoms with Crippen LogP contribution in [0.15, 0.2) is 53.1 Å². The molecule has 0 amide bonds. The van der Waals surface area contributed by atoms with E-state index in [1.54, 1.807) is 5.56 Å². The fourth-order valence-electron chi connectivity index (χ4n) is 10.1. The van der Waals surface area contributed by atoms with Crippen molar-refractivity contribution in [2.75, 3.05) is 18.0 Å². The first-order valence-corrected chi connectivity index (χ1v) is 17.9. The molecular formula is C41H51N3O. The molecule has 4 aliphatic carbocycles. The summed E-state index contributed by atoms with van der Waals surface area (Å²) in [6.45, 7) is 19.7. The largest absolute Gasteiger partial charge is 0.461 e. The molecule has 4 nitrogen and oxygen atoms in total. The van der Waals surface area contributed by atoms with Crippen molar-refractivity contribution in [3.63, 3.8) is 0 Å². The van der Waals surface area contributed by atoms with Crippen molar-refractivity contribution < 1.29 is 4.74 Å². The van der Waals surface area contributed by atoms with E-state index < -0.39 is 0 Å². The van der Waals surface area contributed by atoms with Crippen molar-refractivity contribution in [2.45, 2.75) is 128 Å². The maximum absolute atomic E-state index is 9.84. The van der Waals surface area contributed by atoms with E-state index in [9.17, 15) is 5.26 Å². The van der Waals surface area contributed by atoms with Crippen LogP contribution in [-0.2, 0) is 15.6 Å². The Hall–Kier alpha value is -3.24. The number of benzene rings is 1. The zero-order valence-electron chi connectivity index (χ0n) is 28.1. The number of nitrogens with zero attached hydrogens (tertiary/aromatic N) is 3. The van der Waals surface area contributed by atoms with Crippen LogP contribution in [0.2, 0.25) is 0 Å². The minimum absolute atomic E-state index is 0.0171. The van der Waals surface area contributed by atoms with Gasteiger partial charge < -0.3 is 9.64 Å². The van der Waals surface area contributed by atoms with Gasteiger partial charge in [-0.15, -0.1) is 0 Å². The lowest BCUT2D eigenvalue weighted by atomic mass is 9.52. The Morgan fingerprint density at radius 1 is 1.02 bits per heavy atom. The molecular weight excluding hydrogens is 550 g/mol. The van der Waals surface area contributed by atoms with Gasteiger partial charge in [-0.05, 0) is 139 Å². The van der Waals surface area contributed by atoms with Gasteiger partial charge in [-0.3, -0.25) is 0 Å². The molecule has 4 saturated carbocycles. The van der Waals surface area contributed by atoms with E-state index in [-0.39, 0.29) is 21.9 Å². The maximum atomic E-state index is 9.84. The molecule has 4 heteroatoms. The predicted octanol–water partition coefficient (Wildman–Crippen LogP) is 10.7. The van der Waals surface area contributed by atoms with Crippen LogP contribution < -0.4 is 4.90 Å². The number of unbranched alkanes of at least 4 members (excludes halogenated alkanes) is 2. The molecule has 3 aliphatic heterocycles. The lowest BCUT2D eigenvalue weighted by molar-refractivity contribution is -0.0195. The van der Waals surface area contributed by atoms with Gasteiger partial charge in [0.05, 0.1) is 12.6 Å². The topological polar surface area (TPSA) is 40.6 Å². The van der Waals surface area contributed by atoms with E-state index in [4.69, 9.17) is 11.3 Å². The van der Waals surface area contributed by atoms with Gasteiger partial charge >= 0.3 is 0 Å². The van der Waals surface area contributed by atoms with Gasteiger partial charge in [0.25, 0.3) is 5.70 Å². The van der Waals surface area contributed by atoms with E-state index in [1.807, 2.05) is 12.2 Å². The molecule has 0 aromatic heterocycles. The quantitative estimate of drug-likeness (QED) is 0.177. The number of anilines is 1. The van der Waals surface area contributed by atoms with Crippen LogP contribution in [0.5, 0.6) is 0 Å². The van der Waals surface area contributed by atoms with Crippen molar-refractivity contribution in [1.82, 2.24) is 0 Å². The van der Waals surface area contributed by atoms with Gasteiger partial charge in [-0.2, -0.15) is 0 Å². The average Bonchev–Trinajstić information content (AvgIpc) is 3.44. The average molecular weight is 602 g/mol. The lowest BCUT2D eigenvalue weighted by Gasteiger charge is -2.54. The van der Waals surface area contributed by atoms with E-state index in [2.05, 4.69) is 67.8 Å². The first-order valence-electron chi connectivity index (χ1n) is 17.9. The SMILES string of the molecule is [C-]#[N+]C(C#N)=C1C=C(C=Cc2cc3c4c(c2)C2(C)CCCC2CN4CCC3(C)C)OC(C23CCC(CCCCC)(CC2)CC3)=C1. The second kappa shape index (κ2) is 11.2. The third-order valence-electron chi connectivity index (χ3n) is 13.4. The number of rotatable bonds is 7. The summed E-state index contributed by atoms with van der Waals surface area (Å²) in [6.07, 6.45) is 26.0. The molecule has 1 aromatic rings. The summed E-state index contributed by atoms with van der Waals surface area (Å²) in [6, 6.07) is 7.06. The van der Waals surface area contributed by atoms with Crippen molar-refractivity contribution in [1.29, 1.82) is 5.26 Å². The Morgan fingerprint density at radius 3 is 2.49 bits per heavy atom. The summed E-state index contributed by atoms with van der Waals surface area (Å²) in [5, 5.41) is 9.84. The van der Waals surface area contributed by atoms with Crippen LogP contribution in [0.4, 0.5) is 5.69 Å². The number of fused-ring (bicyclic) bond motifs is 5. The number of hydrogen-bond donors (Lipinski definition) is 0. The van der Waals surface area contributed by atoms with Gasteiger partial charge in [0.1, 0.15) is 11.5 Å². The highest BCUT2D eigenvalue weighted by molar-refractivity contribution is 5.72. The highest BCUT2D eigenvalue weighted by atomic mass is 16.5. The Kier molecular flexibility index (Phi) is 7.59. The van der Waals surface area contributed by atoms with Crippen molar-refractivity contribution in [2.24, 2.45) is 16.7 Å². The summed E-state index contributed by atoms with van der Waals surface area (Å²) in [5.74, 6) is 2.46. The van der Waals surface area contributed by atoms with Crippen LogP contribution in [0, 0.1) is 34.7 Å². The molecule has 2 bridgehead atoms. The normalized spacial score (nSPS) is 33.8. The van der Waals surface area contributed by atoms with E-state index in [0.717, 1.165) is 43.2 Å². The molecule has 0 spiro atoms. The Bertz CT molecular complexity index is 1550. The summed E-state index contributed by atoms with van der Waals surface area (Å²) in [7, 11) is 0. The second-order valence-electron chi connectivity index (χ2n) is 16.3. The number of ether oxygens (including phenoxy) is 1. The smallest absolute Gasteiger partial charge is 0.269 e. The predicted molar refractivity (Wildman–Crippen MR) is 183 cm³/mol. The molecule has 8 rings (SSSR count). The molecule has 3 heterocycles. The van der Waals surface area contributed by atoms with Crippen LogP contribution in [0.3, 0.4) is 0 Å². The monoisotopic (exact) mass is 601 g/mol. The van der Waals surface area contributed by atoms with Crippen LogP contribution in [0.25, 0.3) is 10.9 Å². The molecule has 0 radical (unpaired) electrons. The summed E-state index contributed by atoms with van der Waals surface area (Å²) in [5.41, 5.74) is 7.56. The van der Waals surface area contributed by atoms with Crippen molar-refractivity contribution >= 4 is 11.8 Å². The van der Waals surface area contributed by atoms with Crippen molar-refractivity contribution in [3.05, 3.63) is 81.3 Å². The molecule has 1 aromatic carbocycles. The Balaban J connectivity index is 1.21. The third kappa shape index (κ3) is 5.08. The fourth-order valence-corrected chi connectivity index (χ4v) is 10.1. The molecule has 2 unspecified atom stereocenters. The third-order valence-corrected chi connectivity index (χ3v) is 13.4. The van der Waals surface area contributed by atoms with Gasteiger partial charge in [0.15, 0.2) is 0 Å². The highest BCUT2D eigenvalue weighted by Gasteiger charge is 2.52. The van der Waals surface area contributed by atoms with Crippen LogP contribution >= 0.6 is 0 Å². The minimum Gasteiger partial charge on any atom is -0.461 e. The number of hydrogen-bond acceptors (Lipinski definition) is 3. The van der Waals surface area contributed by atoms with E-state index >= 15 is 0 Å². The summed E-state index contributed by atoms with van der Waals surface area (Å²) >= 11 is 0. The van der Waals surface area contributed by atoms with Gasteiger partial charge in [-0.1, -0.05) is 59.5 Å². The number of allylic oxidation sites excluding steroid dienone is 6. The zero-order valence-corrected chi connectivity index (χ0v) is 28.1. The molecule has 2 atom stereocenters. The summed E-state index contributed by atoms with van der Waals surface area (Å²) in [4.78, 5) is 6.30. The van der Waals surface area contributed by atoms with Gasteiger partial charge in [-0.25, -0.2) is 10.1 Å². The number of nitriles is 1. The van der Waals surface area contributed by atoms with Crippen molar-refractivity contribution in [3.8, 4) is 6.07 Å². The van der Waals surface area contributed by atoms with E-state index in [1.165, 1.54) is 94.0 Å². The standard InChI is InChI=1S/C41H51N3O/c1-6-7-8-14-40-15-18-41(19-16-40,20-17-40)36-26-30(35(27-42)43-5)25-32(45-36)12-11-29-23-33-37-34(24-29)39(4)13-9-10-31(39)28-44(37)22-21-38(33,2)3/h11-12,23-26,31H,6-10,13-22,28H2,1-4H3. The molecule has 0 saturated heterocycles. The molecule has 4 fully saturated rings. The Labute approximate surface area is 271 Å². The Morgan fingerprint density at radius 2 is 1.78 bits per heavy atom. The summed E-state index contributed by atoms with van der Waals surface area (Å²) < 4.78 is 6.78.